The molecule has 0 saturated heterocycles. The molecule has 4 heteroatoms. The number of ether oxygens (including phenoxy) is 1. The maximum absolute atomic E-state index is 11.5. The summed E-state index contributed by atoms with van der Waals surface area (Å²) in [5.41, 5.74) is 3.16. The number of hydrogen-bond donors (Lipinski definition) is 0. The number of nitrogens with zero attached hydrogens (tertiary/aromatic N) is 2. The van der Waals surface area contributed by atoms with Crippen molar-refractivity contribution >= 4 is 16.9 Å². The molecule has 106 valence electrons. The third-order valence-corrected chi connectivity index (χ3v) is 3.07. The summed E-state index contributed by atoms with van der Waals surface area (Å²) in [7, 11) is 1.92. The van der Waals surface area contributed by atoms with Crippen LogP contribution in [0.3, 0.4) is 0 Å². The minimum absolute atomic E-state index is 0.190. The number of likely N-dealkylation sites (N-methyl/N-ethyl adjacent to an activating group) is 1. The lowest BCUT2D eigenvalue weighted by molar-refractivity contribution is -0.144. The summed E-state index contributed by atoms with van der Waals surface area (Å²) in [5.74, 6) is -0.190. The second kappa shape index (κ2) is 6.48. The smallest absolute Gasteiger partial charge is 0.320 e. The van der Waals surface area contributed by atoms with Crippen molar-refractivity contribution in [2.45, 2.75) is 20.4 Å². The molecule has 0 spiro atoms. The highest BCUT2D eigenvalue weighted by atomic mass is 16.5. The summed E-state index contributed by atoms with van der Waals surface area (Å²) in [6.07, 6.45) is 0. The predicted octanol–water partition coefficient (Wildman–Crippen LogP) is 2.54. The second-order valence-electron chi connectivity index (χ2n) is 4.92. The fraction of sp³-hybridized carbons (Fsp3) is 0.375. The van der Waals surface area contributed by atoms with Gasteiger partial charge in [-0.2, -0.15) is 0 Å². The fourth-order valence-corrected chi connectivity index (χ4v) is 2.30. The van der Waals surface area contributed by atoms with Crippen molar-refractivity contribution < 1.29 is 9.53 Å². The van der Waals surface area contributed by atoms with Gasteiger partial charge in [-0.15, -0.1) is 0 Å². The van der Waals surface area contributed by atoms with E-state index in [9.17, 15) is 4.79 Å². The van der Waals surface area contributed by atoms with E-state index < -0.39 is 0 Å². The maximum atomic E-state index is 11.5. The third-order valence-electron chi connectivity index (χ3n) is 3.07. The van der Waals surface area contributed by atoms with Crippen molar-refractivity contribution in [2.24, 2.45) is 0 Å². The highest BCUT2D eigenvalue weighted by Gasteiger charge is 2.10. The Bertz CT molecular complexity index is 610. The summed E-state index contributed by atoms with van der Waals surface area (Å²) in [5, 5.41) is 1.13. The topological polar surface area (TPSA) is 42.4 Å². The first kappa shape index (κ1) is 14.5. The molecule has 1 aromatic heterocycles. The number of para-hydroxylation sites is 1. The first-order valence-corrected chi connectivity index (χ1v) is 6.79. The van der Waals surface area contributed by atoms with Crippen molar-refractivity contribution in [1.82, 2.24) is 9.88 Å². The number of aromatic nitrogens is 1. The van der Waals surface area contributed by atoms with Crippen LogP contribution < -0.4 is 0 Å². The fourth-order valence-electron chi connectivity index (χ4n) is 2.30. The number of pyridine rings is 1. The zero-order valence-electron chi connectivity index (χ0n) is 12.2. The Morgan fingerprint density at radius 3 is 2.85 bits per heavy atom. The van der Waals surface area contributed by atoms with Crippen molar-refractivity contribution in [3.63, 3.8) is 0 Å². The van der Waals surface area contributed by atoms with E-state index in [4.69, 9.17) is 4.74 Å². The van der Waals surface area contributed by atoms with E-state index in [1.807, 2.05) is 44.0 Å². The van der Waals surface area contributed by atoms with E-state index in [2.05, 4.69) is 17.1 Å². The van der Waals surface area contributed by atoms with Crippen molar-refractivity contribution in [3.05, 3.63) is 41.6 Å². The zero-order valence-corrected chi connectivity index (χ0v) is 12.2. The molecule has 0 fully saturated rings. The standard InChI is InChI=1S/C16H20N2O2/c1-4-20-16(19)11-18(3)10-13-9-12(2)17-15-8-6-5-7-14(13)15/h5-9H,4,10-11H2,1-3H3. The van der Waals surface area contributed by atoms with Crippen molar-refractivity contribution in [2.75, 3.05) is 20.2 Å². The summed E-state index contributed by atoms with van der Waals surface area (Å²) in [4.78, 5) is 18.0. The van der Waals surface area contributed by atoms with Crippen LogP contribution in [-0.4, -0.2) is 36.1 Å². The average molecular weight is 272 g/mol. The first-order valence-electron chi connectivity index (χ1n) is 6.79. The van der Waals surface area contributed by atoms with E-state index in [1.54, 1.807) is 0 Å². The second-order valence-corrected chi connectivity index (χ2v) is 4.92. The van der Waals surface area contributed by atoms with Crippen LogP contribution in [0.15, 0.2) is 30.3 Å². The number of carbonyl (C=O) groups excluding carboxylic acids is 1. The summed E-state index contributed by atoms with van der Waals surface area (Å²) >= 11 is 0. The highest BCUT2D eigenvalue weighted by Crippen LogP contribution is 2.19. The molecule has 0 atom stereocenters. The molecule has 0 radical (unpaired) electrons. The molecule has 0 aliphatic heterocycles. The monoisotopic (exact) mass is 272 g/mol. The van der Waals surface area contributed by atoms with E-state index in [0.29, 0.717) is 19.7 Å². The molecule has 20 heavy (non-hydrogen) atoms. The summed E-state index contributed by atoms with van der Waals surface area (Å²) in [6.45, 7) is 5.22. The number of carbonyl (C=O) groups is 1. The third kappa shape index (κ3) is 3.54. The van der Waals surface area contributed by atoms with Gasteiger partial charge >= 0.3 is 5.97 Å². The molecule has 0 aliphatic carbocycles. The lowest BCUT2D eigenvalue weighted by atomic mass is 10.1. The van der Waals surface area contributed by atoms with Crippen LogP contribution in [-0.2, 0) is 16.1 Å². The van der Waals surface area contributed by atoms with Gasteiger partial charge in [-0.05, 0) is 38.6 Å². The zero-order chi connectivity index (χ0) is 14.5. The quantitative estimate of drug-likeness (QED) is 0.784. The molecule has 2 aromatic rings. The number of esters is 1. The minimum Gasteiger partial charge on any atom is -0.465 e. The van der Waals surface area contributed by atoms with E-state index >= 15 is 0 Å². The Kier molecular flexibility index (Phi) is 4.69. The molecule has 0 saturated carbocycles. The van der Waals surface area contributed by atoms with Crippen molar-refractivity contribution in [3.8, 4) is 0 Å². The highest BCUT2D eigenvalue weighted by molar-refractivity contribution is 5.82. The van der Waals surface area contributed by atoms with Crippen molar-refractivity contribution in [1.29, 1.82) is 0 Å². The molecular formula is C16H20N2O2. The largest absolute Gasteiger partial charge is 0.465 e. The van der Waals surface area contributed by atoms with Gasteiger partial charge in [0.15, 0.2) is 0 Å². The molecule has 1 aromatic carbocycles. The normalized spacial score (nSPS) is 11.0. The molecule has 4 nitrogen and oxygen atoms in total. The molecular weight excluding hydrogens is 252 g/mol. The molecule has 0 aliphatic rings. The van der Waals surface area contributed by atoms with Gasteiger partial charge in [0.1, 0.15) is 0 Å². The van der Waals surface area contributed by atoms with Gasteiger partial charge in [0.25, 0.3) is 0 Å². The Morgan fingerprint density at radius 2 is 2.10 bits per heavy atom. The molecule has 2 rings (SSSR count). The number of hydrogen-bond acceptors (Lipinski definition) is 4. The first-order chi connectivity index (χ1) is 9.60. The van der Waals surface area contributed by atoms with Crippen LogP contribution in [0.5, 0.6) is 0 Å². The van der Waals surface area contributed by atoms with Gasteiger partial charge in [0.05, 0.1) is 18.7 Å². The van der Waals surface area contributed by atoms with E-state index in [0.717, 1.165) is 16.6 Å². The van der Waals surface area contributed by atoms with Gasteiger partial charge in [-0.25, -0.2) is 0 Å². The van der Waals surface area contributed by atoms with Gasteiger partial charge in [-0.3, -0.25) is 14.7 Å². The SMILES string of the molecule is CCOC(=O)CN(C)Cc1cc(C)nc2ccccc12. The average Bonchev–Trinajstić information content (AvgIpc) is 2.38. The summed E-state index contributed by atoms with van der Waals surface area (Å²) < 4.78 is 4.97. The van der Waals surface area contributed by atoms with E-state index in [-0.39, 0.29) is 5.97 Å². The Balaban J connectivity index is 2.18. The Morgan fingerprint density at radius 1 is 1.35 bits per heavy atom. The molecule has 0 bridgehead atoms. The molecule has 0 N–H and O–H groups in total. The lowest BCUT2D eigenvalue weighted by Crippen LogP contribution is -2.27. The molecule has 0 amide bonds. The van der Waals surface area contributed by atoms with Gasteiger partial charge in [-0.1, -0.05) is 18.2 Å². The number of rotatable bonds is 5. The number of fused-ring (bicyclic) bond motifs is 1. The van der Waals surface area contributed by atoms with Crippen LogP contribution in [0, 0.1) is 6.92 Å². The number of aryl methyl sites for hydroxylation is 1. The Labute approximate surface area is 119 Å². The summed E-state index contributed by atoms with van der Waals surface area (Å²) in [6, 6.07) is 10.1. The van der Waals surface area contributed by atoms with Gasteiger partial charge in [0.2, 0.25) is 0 Å². The van der Waals surface area contributed by atoms with E-state index in [1.165, 1.54) is 5.56 Å². The lowest BCUT2D eigenvalue weighted by Gasteiger charge is -2.17. The maximum Gasteiger partial charge on any atom is 0.320 e. The van der Waals surface area contributed by atoms with Crippen LogP contribution in [0.4, 0.5) is 0 Å². The minimum atomic E-state index is -0.190. The molecule has 0 unspecified atom stereocenters. The van der Waals surface area contributed by atoms with Crippen LogP contribution >= 0.6 is 0 Å². The van der Waals surface area contributed by atoms with Crippen LogP contribution in [0.1, 0.15) is 18.2 Å². The predicted molar refractivity (Wildman–Crippen MR) is 79.4 cm³/mol. The Hall–Kier alpha value is -1.94. The number of benzene rings is 1. The van der Waals surface area contributed by atoms with Gasteiger partial charge in [0, 0.05) is 17.6 Å². The molecule has 1 heterocycles. The van der Waals surface area contributed by atoms with Crippen LogP contribution in [0.2, 0.25) is 0 Å². The van der Waals surface area contributed by atoms with Crippen LogP contribution in [0.25, 0.3) is 10.9 Å². The van der Waals surface area contributed by atoms with Gasteiger partial charge < -0.3 is 4.74 Å².